The van der Waals surface area contributed by atoms with Crippen LogP contribution < -0.4 is 0 Å². The number of fused-ring (bicyclic) bond motifs is 1. The summed E-state index contributed by atoms with van der Waals surface area (Å²) in [7, 11) is 0. The van der Waals surface area contributed by atoms with E-state index in [1.54, 1.807) is 12.5 Å². The van der Waals surface area contributed by atoms with E-state index in [9.17, 15) is 4.79 Å². The van der Waals surface area contributed by atoms with Gasteiger partial charge in [-0.25, -0.2) is 0 Å². The Kier molecular flexibility index (Phi) is 4.34. The van der Waals surface area contributed by atoms with Crippen LogP contribution >= 0.6 is 11.8 Å². The van der Waals surface area contributed by atoms with Gasteiger partial charge in [-0.2, -0.15) is 0 Å². The summed E-state index contributed by atoms with van der Waals surface area (Å²) in [6, 6.07) is 15.9. The molecule has 0 aliphatic heterocycles. The van der Waals surface area contributed by atoms with Crippen molar-refractivity contribution in [3.05, 3.63) is 72.2 Å². The zero-order valence-electron chi connectivity index (χ0n) is 14.5. The third kappa shape index (κ3) is 2.93. The molecule has 1 atom stereocenters. The van der Waals surface area contributed by atoms with Crippen LogP contribution in [0.5, 0.6) is 0 Å². The molecule has 0 saturated heterocycles. The van der Waals surface area contributed by atoms with Crippen molar-refractivity contribution >= 4 is 28.4 Å². The second-order valence-electron chi connectivity index (χ2n) is 6.14. The quantitative estimate of drug-likeness (QED) is 0.422. The summed E-state index contributed by atoms with van der Waals surface area (Å²) in [5.74, 6) is 0.0757. The third-order valence-corrected chi connectivity index (χ3v) is 5.45. The van der Waals surface area contributed by atoms with Crippen LogP contribution in [0.2, 0.25) is 0 Å². The maximum Gasteiger partial charge on any atom is 0.196 e. The first-order chi connectivity index (χ1) is 12.6. The summed E-state index contributed by atoms with van der Waals surface area (Å²) < 4.78 is 1.93. The number of H-pyrrole nitrogens is 1. The smallest absolute Gasteiger partial charge is 0.196 e. The number of rotatable bonds is 5. The van der Waals surface area contributed by atoms with Crippen LogP contribution in [0.4, 0.5) is 0 Å². The first-order valence-electron chi connectivity index (χ1n) is 8.38. The summed E-state index contributed by atoms with van der Waals surface area (Å²) in [5, 5.41) is 9.64. The van der Waals surface area contributed by atoms with Gasteiger partial charge in [-0.1, -0.05) is 48.2 Å². The van der Waals surface area contributed by atoms with Crippen molar-refractivity contribution in [3.63, 3.8) is 0 Å². The van der Waals surface area contributed by atoms with Gasteiger partial charge in [0.05, 0.1) is 10.9 Å². The fraction of sp³-hybridized carbons (Fsp3) is 0.150. The highest BCUT2D eigenvalue weighted by atomic mass is 32.2. The Morgan fingerprint density at radius 2 is 1.92 bits per heavy atom. The number of carbonyl (C=O) groups is 1. The van der Waals surface area contributed by atoms with Crippen molar-refractivity contribution in [2.24, 2.45) is 0 Å². The number of thioether (sulfide) groups is 1. The molecule has 4 rings (SSSR count). The molecule has 0 fully saturated rings. The molecular formula is C20H18N4OS. The maximum atomic E-state index is 13.0. The van der Waals surface area contributed by atoms with E-state index in [1.807, 2.05) is 66.9 Å². The topological polar surface area (TPSA) is 63.6 Å². The summed E-state index contributed by atoms with van der Waals surface area (Å²) >= 11 is 1.42. The average Bonchev–Trinajstić information content (AvgIpc) is 3.28. The number of aryl methyl sites for hydroxylation is 1. The highest BCUT2D eigenvalue weighted by molar-refractivity contribution is 8.00. The second-order valence-corrected chi connectivity index (χ2v) is 7.45. The second kappa shape index (κ2) is 6.80. The Labute approximate surface area is 155 Å². The fourth-order valence-corrected chi connectivity index (χ4v) is 3.91. The summed E-state index contributed by atoms with van der Waals surface area (Å²) in [6.45, 7) is 3.95. The number of carbonyl (C=O) groups excluding carboxylic acids is 1. The number of para-hydroxylation sites is 2. The Bertz CT molecular complexity index is 1080. The Hall–Kier alpha value is -2.86. The van der Waals surface area contributed by atoms with Gasteiger partial charge in [0, 0.05) is 22.7 Å². The van der Waals surface area contributed by atoms with Gasteiger partial charge in [0.15, 0.2) is 10.9 Å². The van der Waals surface area contributed by atoms with Gasteiger partial charge >= 0.3 is 0 Å². The van der Waals surface area contributed by atoms with Crippen LogP contribution in [-0.2, 0) is 0 Å². The van der Waals surface area contributed by atoms with Gasteiger partial charge in [0.25, 0.3) is 0 Å². The van der Waals surface area contributed by atoms with Gasteiger partial charge < -0.3 is 4.98 Å². The van der Waals surface area contributed by atoms with Crippen molar-refractivity contribution in [1.82, 2.24) is 19.7 Å². The first kappa shape index (κ1) is 16.6. The lowest BCUT2D eigenvalue weighted by Crippen LogP contribution is -2.14. The van der Waals surface area contributed by atoms with E-state index >= 15 is 0 Å². The minimum Gasteiger partial charge on any atom is -0.360 e. The molecule has 0 radical (unpaired) electrons. The summed E-state index contributed by atoms with van der Waals surface area (Å²) in [5.41, 5.74) is 3.83. The van der Waals surface area contributed by atoms with Gasteiger partial charge in [-0.15, -0.1) is 10.2 Å². The summed E-state index contributed by atoms with van der Waals surface area (Å²) in [4.78, 5) is 16.1. The highest BCUT2D eigenvalue weighted by Crippen LogP contribution is 2.29. The lowest BCUT2D eigenvalue weighted by molar-refractivity contribution is 0.0995. The average molecular weight is 362 g/mol. The maximum absolute atomic E-state index is 13.0. The van der Waals surface area contributed by atoms with Crippen molar-refractivity contribution < 1.29 is 4.79 Å². The van der Waals surface area contributed by atoms with Crippen LogP contribution in [0.25, 0.3) is 16.6 Å². The molecule has 2 heterocycles. The number of nitrogens with one attached hydrogen (secondary N) is 1. The van der Waals surface area contributed by atoms with E-state index in [1.165, 1.54) is 11.8 Å². The normalized spacial score (nSPS) is 12.4. The molecule has 1 unspecified atom stereocenters. The number of hydrogen-bond donors (Lipinski definition) is 1. The van der Waals surface area contributed by atoms with Crippen molar-refractivity contribution in [2.45, 2.75) is 24.3 Å². The van der Waals surface area contributed by atoms with Gasteiger partial charge in [0.2, 0.25) is 0 Å². The predicted molar refractivity (Wildman–Crippen MR) is 104 cm³/mol. The van der Waals surface area contributed by atoms with E-state index in [-0.39, 0.29) is 11.0 Å². The number of ketones is 1. The van der Waals surface area contributed by atoms with Crippen LogP contribution in [0.15, 0.2) is 66.2 Å². The van der Waals surface area contributed by atoms with Crippen LogP contribution in [0.3, 0.4) is 0 Å². The largest absolute Gasteiger partial charge is 0.360 e. The molecule has 130 valence electrons. The monoisotopic (exact) mass is 362 g/mol. The molecule has 2 aromatic carbocycles. The lowest BCUT2D eigenvalue weighted by atomic mass is 10.1. The van der Waals surface area contributed by atoms with E-state index < -0.39 is 0 Å². The SMILES string of the molecule is Cc1ccccc1-n1cnnc1SC(C)C(=O)c1c[nH]c2ccccc12. The molecule has 0 bridgehead atoms. The number of aromatic nitrogens is 4. The van der Waals surface area contributed by atoms with E-state index in [4.69, 9.17) is 0 Å². The van der Waals surface area contributed by atoms with Crippen molar-refractivity contribution in [1.29, 1.82) is 0 Å². The standard InChI is InChI=1S/C20H18N4OS/c1-13-7-3-6-10-18(13)24-12-22-23-20(24)26-14(2)19(25)16-11-21-17-9-5-4-8-15(16)17/h3-12,14,21H,1-2H3. The Morgan fingerprint density at radius 1 is 1.15 bits per heavy atom. The molecule has 0 aliphatic rings. The molecule has 0 aliphatic carbocycles. The molecule has 0 saturated carbocycles. The number of aromatic amines is 1. The molecule has 6 heteroatoms. The zero-order chi connectivity index (χ0) is 18.1. The number of hydrogen-bond acceptors (Lipinski definition) is 4. The molecule has 5 nitrogen and oxygen atoms in total. The molecule has 0 spiro atoms. The molecule has 2 aromatic heterocycles. The van der Waals surface area contributed by atoms with Crippen LogP contribution in [0.1, 0.15) is 22.8 Å². The first-order valence-corrected chi connectivity index (χ1v) is 9.26. The van der Waals surface area contributed by atoms with Gasteiger partial charge in [-0.05, 0) is 31.5 Å². The fourth-order valence-electron chi connectivity index (χ4n) is 3.01. The minimum atomic E-state index is -0.277. The van der Waals surface area contributed by atoms with E-state index in [0.717, 1.165) is 22.2 Å². The summed E-state index contributed by atoms with van der Waals surface area (Å²) in [6.07, 6.45) is 3.48. The molecule has 4 aromatic rings. The number of benzene rings is 2. The number of nitrogens with zero attached hydrogens (tertiary/aromatic N) is 3. The minimum absolute atomic E-state index is 0.0757. The lowest BCUT2D eigenvalue weighted by Gasteiger charge is -2.12. The van der Waals surface area contributed by atoms with Crippen molar-refractivity contribution in [2.75, 3.05) is 0 Å². The molecular weight excluding hydrogens is 344 g/mol. The Balaban J connectivity index is 1.61. The van der Waals surface area contributed by atoms with Crippen LogP contribution in [0, 0.1) is 6.92 Å². The third-order valence-electron chi connectivity index (χ3n) is 4.40. The van der Waals surface area contributed by atoms with Crippen LogP contribution in [-0.4, -0.2) is 30.8 Å². The van der Waals surface area contributed by atoms with E-state index in [2.05, 4.69) is 15.2 Å². The molecule has 0 amide bonds. The Morgan fingerprint density at radius 3 is 2.77 bits per heavy atom. The predicted octanol–water partition coefficient (Wildman–Crippen LogP) is 4.42. The van der Waals surface area contributed by atoms with E-state index in [0.29, 0.717) is 10.7 Å². The van der Waals surface area contributed by atoms with Gasteiger partial charge in [-0.3, -0.25) is 9.36 Å². The zero-order valence-corrected chi connectivity index (χ0v) is 15.3. The van der Waals surface area contributed by atoms with Gasteiger partial charge in [0.1, 0.15) is 6.33 Å². The number of Topliss-reactive ketones (excluding diaryl/α,β-unsaturated/α-hetero) is 1. The van der Waals surface area contributed by atoms with Crippen molar-refractivity contribution in [3.8, 4) is 5.69 Å². The molecule has 26 heavy (non-hydrogen) atoms. The molecule has 1 N–H and O–H groups in total. The highest BCUT2D eigenvalue weighted by Gasteiger charge is 2.22.